The van der Waals surface area contributed by atoms with Crippen LogP contribution in [0.1, 0.15) is 40.1 Å². The van der Waals surface area contributed by atoms with Gasteiger partial charge in [-0.25, -0.2) is 4.98 Å². The Kier molecular flexibility index (Phi) is 3.68. The lowest BCUT2D eigenvalue weighted by molar-refractivity contribution is 0.0683. The molecule has 0 saturated carbocycles. The number of hydrogen-bond donors (Lipinski definition) is 0. The number of imidazole rings is 1. The molecule has 6 nitrogen and oxygen atoms in total. The molecule has 1 atom stereocenters. The topological polar surface area (TPSA) is 56.0 Å². The number of piperidine rings is 1. The standard InChI is InChI=1S/C17H21N5OS/c1-11-14-9-15(24-17(14)20(3)19-11)16(23)21-7-4-5-13(10-21)22-8-6-18-12(22)2/h6,8-9,13H,4-5,7,10H2,1-3H3/t13-/m1/s1. The largest absolute Gasteiger partial charge is 0.336 e. The van der Waals surface area contributed by atoms with Crippen LogP contribution in [0.25, 0.3) is 10.2 Å². The maximum atomic E-state index is 13.0. The Morgan fingerprint density at radius 1 is 1.38 bits per heavy atom. The van der Waals surface area contributed by atoms with Crippen molar-refractivity contribution in [3.05, 3.63) is 34.9 Å². The molecule has 1 fully saturated rings. The average molecular weight is 343 g/mol. The number of aromatic nitrogens is 4. The summed E-state index contributed by atoms with van der Waals surface area (Å²) in [7, 11) is 1.93. The summed E-state index contributed by atoms with van der Waals surface area (Å²) in [6.07, 6.45) is 5.97. The Labute approximate surface area is 144 Å². The third kappa shape index (κ3) is 2.43. The first-order valence-electron chi connectivity index (χ1n) is 8.26. The molecule has 1 saturated heterocycles. The summed E-state index contributed by atoms with van der Waals surface area (Å²) in [5.74, 6) is 1.15. The van der Waals surface area contributed by atoms with E-state index in [1.165, 1.54) is 11.3 Å². The van der Waals surface area contributed by atoms with Crippen molar-refractivity contribution in [1.29, 1.82) is 0 Å². The van der Waals surface area contributed by atoms with Gasteiger partial charge in [0, 0.05) is 37.9 Å². The zero-order valence-electron chi connectivity index (χ0n) is 14.2. The molecular weight excluding hydrogens is 322 g/mol. The summed E-state index contributed by atoms with van der Waals surface area (Å²) >= 11 is 1.54. The number of carbonyl (C=O) groups is 1. The number of rotatable bonds is 2. The van der Waals surface area contributed by atoms with Gasteiger partial charge in [-0.15, -0.1) is 11.3 Å². The lowest BCUT2D eigenvalue weighted by Crippen LogP contribution is -2.40. The molecule has 4 heterocycles. The van der Waals surface area contributed by atoms with Crippen molar-refractivity contribution in [2.24, 2.45) is 7.05 Å². The predicted octanol–water partition coefficient (Wildman–Crippen LogP) is 2.93. The van der Waals surface area contributed by atoms with Gasteiger partial charge in [0.2, 0.25) is 0 Å². The number of fused-ring (bicyclic) bond motifs is 1. The van der Waals surface area contributed by atoms with E-state index in [9.17, 15) is 4.79 Å². The molecule has 1 amide bonds. The molecule has 1 aliphatic rings. The molecule has 0 unspecified atom stereocenters. The van der Waals surface area contributed by atoms with E-state index in [1.54, 1.807) is 0 Å². The fraction of sp³-hybridized carbons (Fsp3) is 0.471. The normalized spacial score (nSPS) is 18.5. The van der Waals surface area contributed by atoms with E-state index in [0.717, 1.165) is 52.5 Å². The summed E-state index contributed by atoms with van der Waals surface area (Å²) in [6, 6.07) is 2.32. The van der Waals surface area contributed by atoms with Gasteiger partial charge in [-0.3, -0.25) is 9.48 Å². The number of likely N-dealkylation sites (tertiary alicyclic amines) is 1. The van der Waals surface area contributed by atoms with Crippen LogP contribution in [0.3, 0.4) is 0 Å². The minimum Gasteiger partial charge on any atom is -0.336 e. The van der Waals surface area contributed by atoms with Crippen LogP contribution >= 0.6 is 11.3 Å². The van der Waals surface area contributed by atoms with Crippen molar-refractivity contribution < 1.29 is 4.79 Å². The minimum absolute atomic E-state index is 0.137. The molecule has 24 heavy (non-hydrogen) atoms. The molecular formula is C17H21N5OS. The number of nitrogens with zero attached hydrogens (tertiary/aromatic N) is 5. The molecule has 7 heteroatoms. The number of amides is 1. The third-order valence-corrected chi connectivity index (χ3v) is 6.04. The first-order valence-corrected chi connectivity index (χ1v) is 9.08. The second kappa shape index (κ2) is 5.73. The fourth-order valence-electron chi connectivity index (χ4n) is 3.61. The van der Waals surface area contributed by atoms with E-state index >= 15 is 0 Å². The third-order valence-electron chi connectivity index (χ3n) is 4.85. The van der Waals surface area contributed by atoms with Gasteiger partial charge >= 0.3 is 0 Å². The van der Waals surface area contributed by atoms with Crippen LogP contribution in [-0.4, -0.2) is 43.2 Å². The van der Waals surface area contributed by atoms with Crippen molar-refractivity contribution in [2.45, 2.75) is 32.7 Å². The van der Waals surface area contributed by atoms with Crippen molar-refractivity contribution >= 4 is 27.5 Å². The van der Waals surface area contributed by atoms with Crippen molar-refractivity contribution in [2.75, 3.05) is 13.1 Å². The van der Waals surface area contributed by atoms with Crippen LogP contribution in [0.2, 0.25) is 0 Å². The van der Waals surface area contributed by atoms with Crippen LogP contribution in [0.4, 0.5) is 0 Å². The van der Waals surface area contributed by atoms with Crippen LogP contribution in [0.15, 0.2) is 18.5 Å². The average Bonchev–Trinajstić information content (AvgIpc) is 3.25. The van der Waals surface area contributed by atoms with Crippen molar-refractivity contribution in [3.63, 3.8) is 0 Å². The first kappa shape index (κ1) is 15.4. The SMILES string of the molecule is Cc1nn(C)c2sc(C(=O)N3CCC[C@@H](n4ccnc4C)C3)cc12. The Balaban J connectivity index is 1.59. The van der Waals surface area contributed by atoms with E-state index in [2.05, 4.69) is 14.6 Å². The Hall–Kier alpha value is -2.15. The maximum Gasteiger partial charge on any atom is 0.264 e. The fourth-order valence-corrected chi connectivity index (χ4v) is 4.70. The maximum absolute atomic E-state index is 13.0. The van der Waals surface area contributed by atoms with Crippen LogP contribution < -0.4 is 0 Å². The van der Waals surface area contributed by atoms with E-state index in [-0.39, 0.29) is 5.91 Å². The molecule has 126 valence electrons. The molecule has 3 aromatic heterocycles. The summed E-state index contributed by atoms with van der Waals surface area (Å²) in [4.78, 5) is 21.1. The van der Waals surface area contributed by atoms with E-state index in [1.807, 2.05) is 48.9 Å². The summed E-state index contributed by atoms with van der Waals surface area (Å²) in [5, 5.41) is 5.50. The Morgan fingerprint density at radius 2 is 2.21 bits per heavy atom. The molecule has 4 rings (SSSR count). The monoisotopic (exact) mass is 343 g/mol. The first-order chi connectivity index (χ1) is 11.5. The number of hydrogen-bond acceptors (Lipinski definition) is 4. The zero-order valence-corrected chi connectivity index (χ0v) is 15.0. The molecule has 0 spiro atoms. The van der Waals surface area contributed by atoms with E-state index in [4.69, 9.17) is 0 Å². The van der Waals surface area contributed by atoms with Crippen LogP contribution in [-0.2, 0) is 7.05 Å². The minimum atomic E-state index is 0.137. The predicted molar refractivity (Wildman–Crippen MR) is 94.5 cm³/mol. The zero-order chi connectivity index (χ0) is 16.8. The molecule has 0 radical (unpaired) electrons. The van der Waals surface area contributed by atoms with Gasteiger partial charge in [-0.05, 0) is 32.8 Å². The number of thiophene rings is 1. The molecule has 0 aromatic carbocycles. The van der Waals surface area contributed by atoms with Gasteiger partial charge in [-0.2, -0.15) is 5.10 Å². The van der Waals surface area contributed by atoms with Gasteiger partial charge in [0.15, 0.2) is 0 Å². The van der Waals surface area contributed by atoms with E-state index in [0.29, 0.717) is 6.04 Å². The molecule has 0 N–H and O–H groups in total. The van der Waals surface area contributed by atoms with Gasteiger partial charge < -0.3 is 9.47 Å². The van der Waals surface area contributed by atoms with Gasteiger partial charge in [0.05, 0.1) is 16.6 Å². The summed E-state index contributed by atoms with van der Waals surface area (Å²) in [5.41, 5.74) is 0.980. The molecule has 0 aliphatic carbocycles. The highest BCUT2D eigenvalue weighted by Crippen LogP contribution is 2.30. The Bertz CT molecular complexity index is 871. The highest BCUT2D eigenvalue weighted by molar-refractivity contribution is 7.20. The molecule has 0 bridgehead atoms. The lowest BCUT2D eigenvalue weighted by atomic mass is 10.1. The number of carbonyl (C=O) groups excluding carboxylic acids is 1. The molecule has 3 aromatic rings. The number of aryl methyl sites for hydroxylation is 3. The lowest BCUT2D eigenvalue weighted by Gasteiger charge is -2.33. The second-order valence-electron chi connectivity index (χ2n) is 6.47. The van der Waals surface area contributed by atoms with Crippen molar-refractivity contribution in [3.8, 4) is 0 Å². The summed E-state index contributed by atoms with van der Waals surface area (Å²) in [6.45, 7) is 5.58. The summed E-state index contributed by atoms with van der Waals surface area (Å²) < 4.78 is 4.05. The van der Waals surface area contributed by atoms with Crippen molar-refractivity contribution in [1.82, 2.24) is 24.2 Å². The van der Waals surface area contributed by atoms with E-state index < -0.39 is 0 Å². The highest BCUT2D eigenvalue weighted by Gasteiger charge is 2.27. The smallest absolute Gasteiger partial charge is 0.264 e. The second-order valence-corrected chi connectivity index (χ2v) is 7.50. The molecule has 1 aliphatic heterocycles. The van der Waals surface area contributed by atoms with Crippen LogP contribution in [0, 0.1) is 13.8 Å². The van der Waals surface area contributed by atoms with Crippen LogP contribution in [0.5, 0.6) is 0 Å². The Morgan fingerprint density at radius 3 is 2.92 bits per heavy atom. The van der Waals surface area contributed by atoms with Gasteiger partial charge in [0.1, 0.15) is 10.7 Å². The highest BCUT2D eigenvalue weighted by atomic mass is 32.1. The van der Waals surface area contributed by atoms with Gasteiger partial charge in [-0.1, -0.05) is 0 Å². The van der Waals surface area contributed by atoms with Gasteiger partial charge in [0.25, 0.3) is 5.91 Å². The quantitative estimate of drug-likeness (QED) is 0.719.